The molecule has 0 atom stereocenters. The molecule has 0 saturated heterocycles. The van der Waals surface area contributed by atoms with Crippen LogP contribution in [0.3, 0.4) is 0 Å². The Morgan fingerprint density at radius 2 is 1.94 bits per heavy atom. The minimum absolute atomic E-state index is 0.346. The van der Waals surface area contributed by atoms with Crippen LogP contribution in [0.4, 0.5) is 4.39 Å². The first-order chi connectivity index (χ1) is 7.79. The maximum Gasteiger partial charge on any atom is 0.150 e. The van der Waals surface area contributed by atoms with Gasteiger partial charge in [-0.25, -0.2) is 4.39 Å². The average molecular weight is 215 g/mol. The van der Waals surface area contributed by atoms with Gasteiger partial charge in [0, 0.05) is 24.4 Å². The van der Waals surface area contributed by atoms with E-state index in [2.05, 4.69) is 4.98 Å². The van der Waals surface area contributed by atoms with E-state index in [0.717, 1.165) is 5.56 Å². The number of carbonyl (C=O) groups is 1. The number of benzene rings is 1. The third kappa shape index (κ3) is 2.31. The monoisotopic (exact) mass is 215 g/mol. The molecule has 16 heavy (non-hydrogen) atoms. The zero-order valence-corrected chi connectivity index (χ0v) is 8.56. The summed E-state index contributed by atoms with van der Waals surface area (Å²) in [5, 5.41) is 0. The summed E-state index contributed by atoms with van der Waals surface area (Å²) in [5.74, 6) is -0.346. The van der Waals surface area contributed by atoms with Gasteiger partial charge in [0.25, 0.3) is 0 Å². The molecule has 3 heteroatoms. The van der Waals surface area contributed by atoms with Crippen LogP contribution >= 0.6 is 0 Å². The highest BCUT2D eigenvalue weighted by Crippen LogP contribution is 2.13. The standard InChI is InChI=1S/C13H10FNO/c14-13-8-11(9-16)1-2-12(13)7-10-3-5-15-6-4-10/h1-6,8-9H,7H2. The van der Waals surface area contributed by atoms with Crippen LogP contribution in [0.1, 0.15) is 21.5 Å². The highest BCUT2D eigenvalue weighted by atomic mass is 19.1. The molecule has 0 radical (unpaired) electrons. The third-order valence-corrected chi connectivity index (χ3v) is 2.36. The van der Waals surface area contributed by atoms with Crippen molar-refractivity contribution in [3.05, 3.63) is 65.2 Å². The van der Waals surface area contributed by atoms with E-state index in [4.69, 9.17) is 0 Å². The highest BCUT2D eigenvalue weighted by molar-refractivity contribution is 5.74. The second kappa shape index (κ2) is 4.66. The fourth-order valence-electron chi connectivity index (χ4n) is 1.50. The minimum atomic E-state index is -0.346. The summed E-state index contributed by atoms with van der Waals surface area (Å²) in [4.78, 5) is 14.4. The molecule has 0 aliphatic rings. The number of hydrogen-bond acceptors (Lipinski definition) is 2. The van der Waals surface area contributed by atoms with Crippen LogP contribution in [-0.2, 0) is 6.42 Å². The molecule has 2 aromatic rings. The molecule has 0 saturated carbocycles. The Hall–Kier alpha value is -2.03. The minimum Gasteiger partial charge on any atom is -0.298 e. The summed E-state index contributed by atoms with van der Waals surface area (Å²) in [7, 11) is 0. The summed E-state index contributed by atoms with van der Waals surface area (Å²) in [6.07, 6.45) is 4.49. The molecule has 0 aliphatic carbocycles. The van der Waals surface area contributed by atoms with Gasteiger partial charge in [-0.05, 0) is 29.3 Å². The number of aromatic nitrogens is 1. The molecule has 0 fully saturated rings. The van der Waals surface area contributed by atoms with Gasteiger partial charge in [0.2, 0.25) is 0 Å². The van der Waals surface area contributed by atoms with Gasteiger partial charge in [-0.1, -0.05) is 12.1 Å². The number of nitrogens with zero attached hydrogens (tertiary/aromatic N) is 1. The Labute approximate surface area is 92.8 Å². The van der Waals surface area contributed by atoms with E-state index in [1.807, 2.05) is 12.1 Å². The SMILES string of the molecule is O=Cc1ccc(Cc2ccncc2)c(F)c1. The lowest BCUT2D eigenvalue weighted by molar-refractivity contribution is 0.112. The van der Waals surface area contributed by atoms with Crippen molar-refractivity contribution in [1.82, 2.24) is 4.98 Å². The topological polar surface area (TPSA) is 30.0 Å². The molecule has 2 nitrogen and oxygen atoms in total. The van der Waals surface area contributed by atoms with Crippen LogP contribution in [0.15, 0.2) is 42.7 Å². The summed E-state index contributed by atoms with van der Waals surface area (Å²) >= 11 is 0. The second-order valence-electron chi connectivity index (χ2n) is 3.50. The molecule has 0 spiro atoms. The molecule has 0 N–H and O–H groups in total. The van der Waals surface area contributed by atoms with Crippen molar-refractivity contribution in [1.29, 1.82) is 0 Å². The number of aldehydes is 1. The van der Waals surface area contributed by atoms with Crippen molar-refractivity contribution in [2.24, 2.45) is 0 Å². The predicted molar refractivity (Wildman–Crippen MR) is 58.8 cm³/mol. The molecule has 0 bridgehead atoms. The molecule has 0 unspecified atom stereocenters. The van der Waals surface area contributed by atoms with Crippen LogP contribution in [0.2, 0.25) is 0 Å². The molecule has 1 aromatic heterocycles. The molecule has 1 aromatic carbocycles. The van der Waals surface area contributed by atoms with Crippen LogP contribution < -0.4 is 0 Å². The fraction of sp³-hybridized carbons (Fsp3) is 0.0769. The van der Waals surface area contributed by atoms with E-state index in [0.29, 0.717) is 23.8 Å². The van der Waals surface area contributed by atoms with Crippen LogP contribution in [0, 0.1) is 5.82 Å². The predicted octanol–water partition coefficient (Wildman–Crippen LogP) is 2.62. The second-order valence-corrected chi connectivity index (χ2v) is 3.50. The first-order valence-corrected chi connectivity index (χ1v) is 4.92. The summed E-state index contributed by atoms with van der Waals surface area (Å²) < 4.78 is 13.5. The van der Waals surface area contributed by atoms with Crippen molar-refractivity contribution in [2.75, 3.05) is 0 Å². The molecular weight excluding hydrogens is 205 g/mol. The van der Waals surface area contributed by atoms with Crippen LogP contribution in [0.5, 0.6) is 0 Å². The fourth-order valence-corrected chi connectivity index (χ4v) is 1.50. The van der Waals surface area contributed by atoms with Crippen LogP contribution in [-0.4, -0.2) is 11.3 Å². The lowest BCUT2D eigenvalue weighted by atomic mass is 10.0. The highest BCUT2D eigenvalue weighted by Gasteiger charge is 2.04. The van der Waals surface area contributed by atoms with Gasteiger partial charge in [-0.15, -0.1) is 0 Å². The zero-order valence-electron chi connectivity index (χ0n) is 8.56. The molecular formula is C13H10FNO. The van der Waals surface area contributed by atoms with Crippen molar-refractivity contribution < 1.29 is 9.18 Å². The van der Waals surface area contributed by atoms with Gasteiger partial charge in [0.15, 0.2) is 0 Å². The van der Waals surface area contributed by atoms with E-state index in [1.165, 1.54) is 6.07 Å². The van der Waals surface area contributed by atoms with Crippen LogP contribution in [0.25, 0.3) is 0 Å². The van der Waals surface area contributed by atoms with E-state index >= 15 is 0 Å². The number of pyridine rings is 1. The van der Waals surface area contributed by atoms with Gasteiger partial charge >= 0.3 is 0 Å². The molecule has 0 aliphatic heterocycles. The largest absolute Gasteiger partial charge is 0.298 e. The summed E-state index contributed by atoms with van der Waals surface area (Å²) in [5.41, 5.74) is 1.93. The Morgan fingerprint density at radius 1 is 1.19 bits per heavy atom. The molecule has 2 rings (SSSR count). The Bertz CT molecular complexity index is 497. The van der Waals surface area contributed by atoms with Crippen molar-refractivity contribution >= 4 is 6.29 Å². The summed E-state index contributed by atoms with van der Waals surface area (Å²) in [6, 6.07) is 8.19. The first kappa shape index (κ1) is 10.5. The van der Waals surface area contributed by atoms with E-state index in [9.17, 15) is 9.18 Å². The summed E-state index contributed by atoms with van der Waals surface area (Å²) in [6.45, 7) is 0. The first-order valence-electron chi connectivity index (χ1n) is 4.92. The Balaban J connectivity index is 2.25. The Kier molecular flexibility index (Phi) is 3.05. The molecule has 80 valence electrons. The van der Waals surface area contributed by atoms with Gasteiger partial charge in [0.1, 0.15) is 12.1 Å². The van der Waals surface area contributed by atoms with Gasteiger partial charge < -0.3 is 0 Å². The zero-order chi connectivity index (χ0) is 11.4. The molecule has 0 amide bonds. The van der Waals surface area contributed by atoms with Crippen molar-refractivity contribution in [3.63, 3.8) is 0 Å². The third-order valence-electron chi connectivity index (χ3n) is 2.36. The lowest BCUT2D eigenvalue weighted by Gasteiger charge is -2.03. The van der Waals surface area contributed by atoms with Gasteiger partial charge in [-0.2, -0.15) is 0 Å². The smallest absolute Gasteiger partial charge is 0.150 e. The van der Waals surface area contributed by atoms with Crippen molar-refractivity contribution in [2.45, 2.75) is 6.42 Å². The van der Waals surface area contributed by atoms with E-state index in [1.54, 1.807) is 24.5 Å². The maximum absolute atomic E-state index is 13.5. The van der Waals surface area contributed by atoms with E-state index in [-0.39, 0.29) is 5.82 Å². The Morgan fingerprint density at radius 3 is 2.56 bits per heavy atom. The average Bonchev–Trinajstić information content (AvgIpc) is 2.33. The number of rotatable bonds is 3. The quantitative estimate of drug-likeness (QED) is 0.737. The number of hydrogen-bond donors (Lipinski definition) is 0. The number of halogens is 1. The van der Waals surface area contributed by atoms with E-state index < -0.39 is 0 Å². The lowest BCUT2D eigenvalue weighted by Crippen LogP contribution is -1.94. The van der Waals surface area contributed by atoms with Crippen molar-refractivity contribution in [3.8, 4) is 0 Å². The molecule has 1 heterocycles. The normalized spacial score (nSPS) is 10.1. The number of carbonyl (C=O) groups excluding carboxylic acids is 1. The van der Waals surface area contributed by atoms with Gasteiger partial charge in [-0.3, -0.25) is 9.78 Å². The van der Waals surface area contributed by atoms with Gasteiger partial charge in [0.05, 0.1) is 0 Å². The maximum atomic E-state index is 13.5.